The highest BCUT2D eigenvalue weighted by Gasteiger charge is 2.35. The molecule has 1 aliphatic heterocycles. The molecule has 0 radical (unpaired) electrons. The van der Waals surface area contributed by atoms with Gasteiger partial charge in [0.15, 0.2) is 0 Å². The summed E-state index contributed by atoms with van der Waals surface area (Å²) in [5.74, 6) is 0.0269. The van der Waals surface area contributed by atoms with Crippen molar-refractivity contribution in [3.63, 3.8) is 0 Å². The normalized spacial score (nSPS) is 17.1. The summed E-state index contributed by atoms with van der Waals surface area (Å²) in [4.78, 5) is 19.0. The number of rotatable bonds is 3. The van der Waals surface area contributed by atoms with Gasteiger partial charge in [0.25, 0.3) is 5.91 Å². The summed E-state index contributed by atoms with van der Waals surface area (Å²) in [6.45, 7) is 9.38. The first-order valence-electron chi connectivity index (χ1n) is 9.00. The van der Waals surface area contributed by atoms with Crippen LogP contribution in [-0.4, -0.2) is 17.4 Å². The van der Waals surface area contributed by atoms with Crippen molar-refractivity contribution in [2.24, 2.45) is 5.73 Å². The fourth-order valence-corrected chi connectivity index (χ4v) is 3.65. The quantitative estimate of drug-likeness (QED) is 0.921. The van der Waals surface area contributed by atoms with E-state index < -0.39 is 0 Å². The van der Waals surface area contributed by atoms with Crippen molar-refractivity contribution in [3.05, 3.63) is 58.9 Å². The van der Waals surface area contributed by atoms with Crippen LogP contribution < -0.4 is 10.6 Å². The molecular formula is C21H27N3O. The Morgan fingerprint density at radius 2 is 2.00 bits per heavy atom. The van der Waals surface area contributed by atoms with Gasteiger partial charge in [0.2, 0.25) is 0 Å². The average molecular weight is 337 g/mol. The molecule has 2 aromatic rings. The summed E-state index contributed by atoms with van der Waals surface area (Å²) in [5.41, 5.74) is 11.6. The third-order valence-electron chi connectivity index (χ3n) is 5.28. The van der Waals surface area contributed by atoms with Crippen LogP contribution in [0.5, 0.6) is 0 Å². The molecule has 4 heteroatoms. The largest absolute Gasteiger partial charge is 0.324 e. The van der Waals surface area contributed by atoms with Gasteiger partial charge in [-0.1, -0.05) is 26.8 Å². The molecule has 0 spiro atoms. The van der Waals surface area contributed by atoms with E-state index in [-0.39, 0.29) is 17.4 Å². The van der Waals surface area contributed by atoms with E-state index in [1.165, 1.54) is 11.1 Å². The number of fused-ring (bicyclic) bond motifs is 1. The minimum Gasteiger partial charge on any atom is -0.324 e. The van der Waals surface area contributed by atoms with E-state index in [0.717, 1.165) is 24.1 Å². The molecule has 1 aromatic carbocycles. The number of aryl methyl sites for hydroxylation is 1. The van der Waals surface area contributed by atoms with Crippen LogP contribution in [0.15, 0.2) is 36.7 Å². The number of benzene rings is 1. The maximum absolute atomic E-state index is 13.1. The number of amides is 1. The molecule has 25 heavy (non-hydrogen) atoms. The van der Waals surface area contributed by atoms with Crippen molar-refractivity contribution in [1.82, 2.24) is 4.98 Å². The lowest BCUT2D eigenvalue weighted by molar-refractivity contribution is 0.0982. The smallest absolute Gasteiger partial charge is 0.258 e. The minimum absolute atomic E-state index is 0.0269. The summed E-state index contributed by atoms with van der Waals surface area (Å²) in [5, 5.41) is 0. The SMILES string of the molecule is CCc1cc2c(cc1[C@@H](C)N)N(C(=O)c1ccncc1)CCC2(C)C. The molecule has 0 fully saturated rings. The molecule has 2 heterocycles. The molecular weight excluding hydrogens is 310 g/mol. The lowest BCUT2D eigenvalue weighted by atomic mass is 9.75. The van der Waals surface area contributed by atoms with E-state index >= 15 is 0 Å². The molecule has 1 aromatic heterocycles. The van der Waals surface area contributed by atoms with Crippen molar-refractivity contribution in [1.29, 1.82) is 0 Å². The zero-order valence-electron chi connectivity index (χ0n) is 15.5. The lowest BCUT2D eigenvalue weighted by Crippen LogP contribution is -2.41. The second-order valence-corrected chi connectivity index (χ2v) is 7.54. The number of nitrogens with zero attached hydrogens (tertiary/aromatic N) is 2. The van der Waals surface area contributed by atoms with Gasteiger partial charge in [-0.05, 0) is 60.1 Å². The highest BCUT2D eigenvalue weighted by molar-refractivity contribution is 6.07. The van der Waals surface area contributed by atoms with Crippen LogP contribution in [0.1, 0.15) is 67.2 Å². The molecule has 0 bridgehead atoms. The molecule has 132 valence electrons. The fourth-order valence-electron chi connectivity index (χ4n) is 3.65. The Bertz CT molecular complexity index is 781. The number of aromatic nitrogens is 1. The number of carbonyl (C=O) groups is 1. The zero-order valence-corrected chi connectivity index (χ0v) is 15.5. The van der Waals surface area contributed by atoms with Crippen LogP contribution in [0.3, 0.4) is 0 Å². The number of anilines is 1. The molecule has 1 aliphatic rings. The van der Waals surface area contributed by atoms with Crippen LogP contribution in [0.25, 0.3) is 0 Å². The molecule has 1 atom stereocenters. The Morgan fingerprint density at radius 3 is 2.60 bits per heavy atom. The third kappa shape index (κ3) is 3.19. The van der Waals surface area contributed by atoms with E-state index in [1.54, 1.807) is 24.5 Å². The fraction of sp³-hybridized carbons (Fsp3) is 0.429. The van der Waals surface area contributed by atoms with Gasteiger partial charge in [-0.2, -0.15) is 0 Å². The first kappa shape index (κ1) is 17.6. The van der Waals surface area contributed by atoms with Gasteiger partial charge in [0.05, 0.1) is 0 Å². The second kappa shape index (κ2) is 6.60. The molecule has 4 nitrogen and oxygen atoms in total. The summed E-state index contributed by atoms with van der Waals surface area (Å²) < 4.78 is 0. The molecule has 0 saturated carbocycles. The van der Waals surface area contributed by atoms with E-state index in [4.69, 9.17) is 5.73 Å². The van der Waals surface area contributed by atoms with E-state index in [9.17, 15) is 4.79 Å². The van der Waals surface area contributed by atoms with Crippen LogP contribution in [0, 0.1) is 0 Å². The monoisotopic (exact) mass is 337 g/mol. The van der Waals surface area contributed by atoms with Crippen LogP contribution >= 0.6 is 0 Å². The second-order valence-electron chi connectivity index (χ2n) is 7.54. The molecule has 1 amide bonds. The summed E-state index contributed by atoms with van der Waals surface area (Å²) in [7, 11) is 0. The average Bonchev–Trinajstić information content (AvgIpc) is 2.61. The first-order valence-corrected chi connectivity index (χ1v) is 9.00. The van der Waals surface area contributed by atoms with Crippen LogP contribution in [-0.2, 0) is 11.8 Å². The maximum atomic E-state index is 13.1. The Morgan fingerprint density at radius 1 is 1.32 bits per heavy atom. The molecule has 3 rings (SSSR count). The summed E-state index contributed by atoms with van der Waals surface area (Å²) >= 11 is 0. The summed E-state index contributed by atoms with van der Waals surface area (Å²) in [6, 6.07) is 7.89. The van der Waals surface area contributed by atoms with Gasteiger partial charge in [-0.3, -0.25) is 9.78 Å². The van der Waals surface area contributed by atoms with E-state index in [1.807, 2.05) is 11.8 Å². The van der Waals surface area contributed by atoms with Gasteiger partial charge in [-0.15, -0.1) is 0 Å². The van der Waals surface area contributed by atoms with Crippen molar-refractivity contribution >= 4 is 11.6 Å². The van der Waals surface area contributed by atoms with E-state index in [0.29, 0.717) is 12.1 Å². The molecule has 0 unspecified atom stereocenters. The molecule has 2 N–H and O–H groups in total. The van der Waals surface area contributed by atoms with Gasteiger partial charge in [-0.25, -0.2) is 0 Å². The minimum atomic E-state index is -0.0526. The van der Waals surface area contributed by atoms with Crippen molar-refractivity contribution in [2.45, 2.75) is 52.0 Å². The highest BCUT2D eigenvalue weighted by atomic mass is 16.2. The predicted octanol–water partition coefficient (Wildman–Crippen LogP) is 3.99. The lowest BCUT2D eigenvalue weighted by Gasteiger charge is -2.40. The maximum Gasteiger partial charge on any atom is 0.258 e. The van der Waals surface area contributed by atoms with Crippen molar-refractivity contribution in [3.8, 4) is 0 Å². The van der Waals surface area contributed by atoms with Gasteiger partial charge >= 0.3 is 0 Å². The Kier molecular flexibility index (Phi) is 4.65. The van der Waals surface area contributed by atoms with Gasteiger partial charge in [0.1, 0.15) is 0 Å². The number of pyridine rings is 1. The van der Waals surface area contributed by atoms with Crippen molar-refractivity contribution < 1.29 is 4.79 Å². The van der Waals surface area contributed by atoms with Crippen molar-refractivity contribution in [2.75, 3.05) is 11.4 Å². The first-order chi connectivity index (χ1) is 11.8. The number of hydrogen-bond acceptors (Lipinski definition) is 3. The number of carbonyl (C=O) groups excluding carboxylic acids is 1. The predicted molar refractivity (Wildman–Crippen MR) is 102 cm³/mol. The summed E-state index contributed by atoms with van der Waals surface area (Å²) in [6.07, 6.45) is 5.21. The number of nitrogens with two attached hydrogens (primary N) is 1. The molecule has 0 saturated heterocycles. The van der Waals surface area contributed by atoms with Crippen LogP contribution in [0.2, 0.25) is 0 Å². The van der Waals surface area contributed by atoms with E-state index in [2.05, 4.69) is 37.9 Å². The highest BCUT2D eigenvalue weighted by Crippen LogP contribution is 2.42. The Hall–Kier alpha value is -2.20. The third-order valence-corrected chi connectivity index (χ3v) is 5.28. The molecule has 0 aliphatic carbocycles. The number of hydrogen-bond donors (Lipinski definition) is 1. The topological polar surface area (TPSA) is 59.2 Å². The van der Waals surface area contributed by atoms with Crippen LogP contribution in [0.4, 0.5) is 5.69 Å². The Labute approximate surface area is 150 Å². The Balaban J connectivity index is 2.14. The van der Waals surface area contributed by atoms with Gasteiger partial charge < -0.3 is 10.6 Å². The van der Waals surface area contributed by atoms with Gasteiger partial charge in [0, 0.05) is 36.2 Å². The standard InChI is InChI=1S/C21H27N3O/c1-5-15-12-18-19(13-17(15)14(2)22)24(11-8-21(18,3)4)20(25)16-6-9-23-10-7-16/h6-7,9-10,12-14H,5,8,11,22H2,1-4H3/t14-/m1/s1. The zero-order chi connectivity index (χ0) is 18.2.